The van der Waals surface area contributed by atoms with E-state index in [0.29, 0.717) is 18.7 Å². The zero-order valence-corrected chi connectivity index (χ0v) is 11.5. The Morgan fingerprint density at radius 1 is 1.00 bits per heavy atom. The first-order valence-corrected chi connectivity index (χ1v) is 8.15. The van der Waals surface area contributed by atoms with Gasteiger partial charge in [0.15, 0.2) is 9.84 Å². The number of sulfone groups is 1. The molecule has 17 heavy (non-hydrogen) atoms. The minimum atomic E-state index is -2.85. The molecule has 0 aliphatic carbocycles. The fraction of sp³-hybridized carbons (Fsp3) is 1.00. The zero-order chi connectivity index (χ0) is 12.7. The maximum atomic E-state index is 11.6. The van der Waals surface area contributed by atoms with Crippen molar-refractivity contribution in [3.63, 3.8) is 0 Å². The molecule has 0 saturated carbocycles. The van der Waals surface area contributed by atoms with Gasteiger partial charge in [0.25, 0.3) is 0 Å². The number of hydrogen-bond donors (Lipinski definition) is 1. The predicted molar refractivity (Wildman–Crippen MR) is 68.9 cm³/mol. The Morgan fingerprint density at radius 3 is 2.00 bits per heavy atom. The third-order valence-corrected chi connectivity index (χ3v) is 4.95. The average Bonchev–Trinajstić information content (AvgIpc) is 2.29. The SMILES string of the molecule is CCCS(=O)(=O)CCN1CCN(CCO)CC1. The quantitative estimate of drug-likeness (QED) is 0.667. The normalized spacial score (nSPS) is 19.6. The van der Waals surface area contributed by atoms with Crippen LogP contribution in [0.1, 0.15) is 13.3 Å². The summed E-state index contributed by atoms with van der Waals surface area (Å²) in [6, 6.07) is 0. The van der Waals surface area contributed by atoms with Gasteiger partial charge in [-0.3, -0.25) is 9.80 Å². The van der Waals surface area contributed by atoms with E-state index < -0.39 is 9.84 Å². The van der Waals surface area contributed by atoms with Crippen molar-refractivity contribution < 1.29 is 13.5 Å². The molecular weight excluding hydrogens is 240 g/mol. The zero-order valence-electron chi connectivity index (χ0n) is 10.6. The summed E-state index contributed by atoms with van der Waals surface area (Å²) in [5.74, 6) is 0.582. The molecule has 1 aliphatic heterocycles. The molecule has 0 aromatic carbocycles. The van der Waals surface area contributed by atoms with Crippen molar-refractivity contribution in [2.75, 3.05) is 57.4 Å². The van der Waals surface area contributed by atoms with E-state index in [1.807, 2.05) is 6.92 Å². The monoisotopic (exact) mass is 264 g/mol. The van der Waals surface area contributed by atoms with Gasteiger partial charge >= 0.3 is 0 Å². The minimum Gasteiger partial charge on any atom is -0.395 e. The second-order valence-electron chi connectivity index (χ2n) is 4.56. The van der Waals surface area contributed by atoms with Gasteiger partial charge in [0, 0.05) is 45.0 Å². The minimum absolute atomic E-state index is 0.199. The highest BCUT2D eigenvalue weighted by Gasteiger charge is 2.18. The predicted octanol–water partition coefficient (Wildman–Crippen LogP) is -0.579. The van der Waals surface area contributed by atoms with Crippen LogP contribution in [0.5, 0.6) is 0 Å². The van der Waals surface area contributed by atoms with Crippen molar-refractivity contribution in [3.8, 4) is 0 Å². The van der Waals surface area contributed by atoms with Crippen LogP contribution in [0.3, 0.4) is 0 Å². The molecule has 5 nitrogen and oxygen atoms in total. The number of nitrogens with zero attached hydrogens (tertiary/aromatic N) is 2. The Labute approximate surface area is 104 Å². The Hall–Kier alpha value is -0.170. The molecule has 0 radical (unpaired) electrons. The molecule has 0 spiro atoms. The molecule has 0 aromatic rings. The van der Waals surface area contributed by atoms with Gasteiger partial charge in [0.05, 0.1) is 12.4 Å². The summed E-state index contributed by atoms with van der Waals surface area (Å²) in [5, 5.41) is 8.82. The molecule has 102 valence electrons. The maximum Gasteiger partial charge on any atom is 0.151 e. The van der Waals surface area contributed by atoms with E-state index in [1.165, 1.54) is 0 Å². The van der Waals surface area contributed by atoms with Crippen LogP contribution < -0.4 is 0 Å². The first-order chi connectivity index (χ1) is 8.07. The molecule has 0 atom stereocenters. The number of hydrogen-bond acceptors (Lipinski definition) is 5. The van der Waals surface area contributed by atoms with Crippen LogP contribution in [0.4, 0.5) is 0 Å². The summed E-state index contributed by atoms with van der Waals surface area (Å²) in [5.41, 5.74) is 0. The molecule has 0 amide bonds. The summed E-state index contributed by atoms with van der Waals surface area (Å²) < 4.78 is 23.1. The van der Waals surface area contributed by atoms with E-state index in [4.69, 9.17) is 5.11 Å². The molecule has 0 bridgehead atoms. The fourth-order valence-corrected chi connectivity index (χ4v) is 3.42. The standard InChI is InChI=1S/C11H24N2O3S/c1-2-10-17(15,16)11-8-13-5-3-12(4-6-13)7-9-14/h14H,2-11H2,1H3. The Bertz CT molecular complexity index is 298. The van der Waals surface area contributed by atoms with Crippen molar-refractivity contribution >= 4 is 9.84 Å². The third-order valence-electron chi connectivity index (χ3n) is 3.11. The van der Waals surface area contributed by atoms with Crippen LogP contribution in [0.25, 0.3) is 0 Å². The van der Waals surface area contributed by atoms with Gasteiger partial charge in [-0.2, -0.15) is 0 Å². The van der Waals surface area contributed by atoms with E-state index in [1.54, 1.807) is 0 Å². The van der Waals surface area contributed by atoms with Crippen molar-refractivity contribution in [3.05, 3.63) is 0 Å². The van der Waals surface area contributed by atoms with E-state index >= 15 is 0 Å². The van der Waals surface area contributed by atoms with Gasteiger partial charge in [-0.1, -0.05) is 6.92 Å². The molecule has 1 aliphatic rings. The molecule has 1 fully saturated rings. The lowest BCUT2D eigenvalue weighted by Crippen LogP contribution is -2.48. The Balaban J connectivity index is 2.22. The molecule has 1 rings (SSSR count). The molecule has 1 saturated heterocycles. The van der Waals surface area contributed by atoms with Crippen LogP contribution in [-0.4, -0.2) is 80.7 Å². The van der Waals surface area contributed by atoms with Crippen molar-refractivity contribution in [2.24, 2.45) is 0 Å². The van der Waals surface area contributed by atoms with Gasteiger partial charge in [0.1, 0.15) is 0 Å². The van der Waals surface area contributed by atoms with E-state index in [0.717, 1.165) is 32.7 Å². The van der Waals surface area contributed by atoms with E-state index in [2.05, 4.69) is 9.80 Å². The number of aliphatic hydroxyl groups excluding tert-OH is 1. The first kappa shape index (κ1) is 14.9. The number of β-amino-alcohol motifs (C(OH)–C–C–N with tert-alkyl or cyclic N) is 1. The molecule has 6 heteroatoms. The van der Waals surface area contributed by atoms with E-state index in [9.17, 15) is 8.42 Å². The van der Waals surface area contributed by atoms with Crippen molar-refractivity contribution in [1.82, 2.24) is 9.80 Å². The smallest absolute Gasteiger partial charge is 0.151 e. The van der Waals surface area contributed by atoms with Crippen LogP contribution in [0.15, 0.2) is 0 Å². The Morgan fingerprint density at radius 2 is 1.53 bits per heavy atom. The van der Waals surface area contributed by atoms with Gasteiger partial charge in [-0.25, -0.2) is 8.42 Å². The molecule has 0 aromatic heterocycles. The number of aliphatic hydroxyl groups is 1. The summed E-state index contributed by atoms with van der Waals surface area (Å²) >= 11 is 0. The Kier molecular flexibility index (Phi) is 6.40. The highest BCUT2D eigenvalue weighted by Crippen LogP contribution is 2.02. The lowest BCUT2D eigenvalue weighted by Gasteiger charge is -2.34. The summed E-state index contributed by atoms with van der Waals surface area (Å²) in [6.07, 6.45) is 0.701. The second-order valence-corrected chi connectivity index (χ2v) is 6.86. The number of rotatable bonds is 7. The van der Waals surface area contributed by atoms with Crippen molar-refractivity contribution in [1.29, 1.82) is 0 Å². The summed E-state index contributed by atoms with van der Waals surface area (Å²) in [7, 11) is -2.85. The second kappa shape index (κ2) is 7.31. The average molecular weight is 264 g/mol. The molecule has 1 N–H and O–H groups in total. The van der Waals surface area contributed by atoms with Gasteiger partial charge in [0.2, 0.25) is 0 Å². The largest absolute Gasteiger partial charge is 0.395 e. The van der Waals surface area contributed by atoms with Crippen LogP contribution in [-0.2, 0) is 9.84 Å². The summed E-state index contributed by atoms with van der Waals surface area (Å²) in [6.45, 7) is 7.12. The third kappa shape index (κ3) is 5.81. The lowest BCUT2D eigenvalue weighted by molar-refractivity contribution is 0.116. The van der Waals surface area contributed by atoms with Crippen LogP contribution in [0.2, 0.25) is 0 Å². The topological polar surface area (TPSA) is 60.9 Å². The first-order valence-electron chi connectivity index (χ1n) is 6.33. The van der Waals surface area contributed by atoms with Crippen LogP contribution >= 0.6 is 0 Å². The van der Waals surface area contributed by atoms with E-state index in [-0.39, 0.29) is 12.4 Å². The van der Waals surface area contributed by atoms with Crippen LogP contribution in [0, 0.1) is 0 Å². The molecule has 1 heterocycles. The summed E-state index contributed by atoms with van der Waals surface area (Å²) in [4.78, 5) is 4.40. The fourth-order valence-electron chi connectivity index (χ4n) is 2.06. The molecular formula is C11H24N2O3S. The maximum absolute atomic E-state index is 11.6. The highest BCUT2D eigenvalue weighted by molar-refractivity contribution is 7.91. The van der Waals surface area contributed by atoms with Crippen molar-refractivity contribution in [2.45, 2.75) is 13.3 Å². The van der Waals surface area contributed by atoms with Gasteiger partial charge in [-0.15, -0.1) is 0 Å². The highest BCUT2D eigenvalue weighted by atomic mass is 32.2. The lowest BCUT2D eigenvalue weighted by atomic mass is 10.3. The van der Waals surface area contributed by atoms with Gasteiger partial charge in [-0.05, 0) is 6.42 Å². The van der Waals surface area contributed by atoms with Gasteiger partial charge < -0.3 is 5.11 Å². The molecule has 0 unspecified atom stereocenters. The number of piperazine rings is 1.